The van der Waals surface area contributed by atoms with Gasteiger partial charge < -0.3 is 5.73 Å². The van der Waals surface area contributed by atoms with Gasteiger partial charge in [-0.25, -0.2) is 0 Å². The van der Waals surface area contributed by atoms with Gasteiger partial charge in [-0.1, -0.05) is 0 Å². The lowest BCUT2D eigenvalue weighted by molar-refractivity contribution is 0.946. The molecule has 0 unspecified atom stereocenters. The predicted molar refractivity (Wildman–Crippen MR) is 22.0 cm³/mol. The van der Waals surface area contributed by atoms with Gasteiger partial charge in [-0.15, -0.1) is 0 Å². The Morgan fingerprint density at radius 2 is 2.50 bits per heavy atom. The molecule has 0 atom stereocenters. The molecule has 0 bridgehead atoms. The lowest BCUT2D eigenvalue weighted by Crippen LogP contribution is -2.02. The summed E-state index contributed by atoms with van der Waals surface area (Å²) in [4.78, 5) is 0. The quantitative estimate of drug-likeness (QED) is 0.485. The van der Waals surface area contributed by atoms with Crippen LogP contribution >= 0.6 is 0 Å². The maximum absolute atomic E-state index is 5.11. The highest BCUT2D eigenvalue weighted by Gasteiger charge is 1.93. The first kappa shape index (κ1) is 3.49. The topological polar surface area (TPSA) is 50.7 Å². The fourth-order valence-electron chi connectivity index (χ4n) is 0.233. The minimum Gasteiger partial charge on any atom is -0.325 e. The second-order valence-electron chi connectivity index (χ2n) is 1.04. The molecule has 0 aromatic rings. The summed E-state index contributed by atoms with van der Waals surface area (Å²) in [5.74, 6) is 0. The predicted octanol–water partition coefficient (Wildman–Crippen LogP) is 0.252. The molecule has 6 heavy (non-hydrogen) atoms. The molecule has 1 rings (SSSR count). The van der Waals surface area contributed by atoms with Crippen LogP contribution in [0.3, 0.4) is 0 Å². The molecule has 1 aliphatic rings. The van der Waals surface area contributed by atoms with Crippen molar-refractivity contribution in [1.29, 1.82) is 0 Å². The van der Waals surface area contributed by atoms with Crippen molar-refractivity contribution in [3.8, 4) is 0 Å². The summed E-state index contributed by atoms with van der Waals surface area (Å²) in [6.45, 7) is 0.517. The maximum Gasteiger partial charge on any atom is 0.0967 e. The fraction of sp³-hybridized carbons (Fsp3) is 0.333. The van der Waals surface area contributed by atoms with E-state index in [4.69, 9.17) is 5.73 Å². The summed E-state index contributed by atoms with van der Waals surface area (Å²) in [7, 11) is 0. The van der Waals surface area contributed by atoms with Gasteiger partial charge in [0.1, 0.15) is 0 Å². The molecule has 32 valence electrons. The van der Waals surface area contributed by atoms with Gasteiger partial charge >= 0.3 is 0 Å². The highest BCUT2D eigenvalue weighted by molar-refractivity contribution is 5.05. The number of rotatable bonds is 1. The second kappa shape index (κ2) is 1.18. The maximum atomic E-state index is 5.11. The summed E-state index contributed by atoms with van der Waals surface area (Å²) in [5, 5.41) is 7.00. The molecule has 0 saturated carbocycles. The molecule has 0 saturated heterocycles. The standard InChI is InChI=1S/C3H5N3/c4-1-3-2-5-6-3/h2H,1,4H2. The van der Waals surface area contributed by atoms with Crippen molar-refractivity contribution >= 4 is 0 Å². The molecule has 0 amide bonds. The smallest absolute Gasteiger partial charge is 0.0967 e. The van der Waals surface area contributed by atoms with Crippen molar-refractivity contribution in [3.05, 3.63) is 11.9 Å². The van der Waals surface area contributed by atoms with Gasteiger partial charge in [-0.05, 0) is 0 Å². The van der Waals surface area contributed by atoms with Crippen LogP contribution < -0.4 is 5.73 Å². The highest BCUT2D eigenvalue weighted by atomic mass is 15.2. The van der Waals surface area contributed by atoms with Gasteiger partial charge in [0.2, 0.25) is 0 Å². The van der Waals surface area contributed by atoms with Crippen LogP contribution in [0.4, 0.5) is 0 Å². The second-order valence-corrected chi connectivity index (χ2v) is 1.04. The Morgan fingerprint density at radius 1 is 1.83 bits per heavy atom. The van der Waals surface area contributed by atoms with E-state index in [2.05, 4.69) is 10.2 Å². The SMILES string of the molecule is NCC1=CN=N1. The molecule has 1 aliphatic heterocycles. The molecule has 0 aliphatic carbocycles. The van der Waals surface area contributed by atoms with Crippen molar-refractivity contribution in [1.82, 2.24) is 0 Å². The lowest BCUT2D eigenvalue weighted by Gasteiger charge is -1.96. The van der Waals surface area contributed by atoms with E-state index in [0.29, 0.717) is 6.54 Å². The van der Waals surface area contributed by atoms with E-state index in [1.165, 1.54) is 0 Å². The Balaban J connectivity index is 2.37. The summed E-state index contributed by atoms with van der Waals surface area (Å²) >= 11 is 0. The molecular formula is C3H5N3. The van der Waals surface area contributed by atoms with Crippen LogP contribution in [0.5, 0.6) is 0 Å². The zero-order valence-electron chi connectivity index (χ0n) is 3.26. The average molecular weight is 83.1 g/mol. The molecule has 0 spiro atoms. The van der Waals surface area contributed by atoms with E-state index in [-0.39, 0.29) is 0 Å². The largest absolute Gasteiger partial charge is 0.325 e. The number of nitrogens with two attached hydrogens (primary N) is 1. The molecule has 0 fully saturated rings. The molecule has 3 nitrogen and oxygen atoms in total. The Bertz CT molecular complexity index is 103. The van der Waals surface area contributed by atoms with E-state index in [9.17, 15) is 0 Å². The third-order valence-corrected chi connectivity index (χ3v) is 0.602. The Hall–Kier alpha value is -0.700. The fourth-order valence-corrected chi connectivity index (χ4v) is 0.233. The van der Waals surface area contributed by atoms with Gasteiger partial charge in [0.15, 0.2) is 0 Å². The first-order valence-electron chi connectivity index (χ1n) is 1.73. The molecule has 0 aromatic heterocycles. The van der Waals surface area contributed by atoms with E-state index in [1.807, 2.05) is 0 Å². The first-order valence-corrected chi connectivity index (χ1v) is 1.73. The molecule has 0 aromatic carbocycles. The van der Waals surface area contributed by atoms with E-state index in [0.717, 1.165) is 5.70 Å². The number of hydrogen-bond donors (Lipinski definition) is 1. The van der Waals surface area contributed by atoms with Gasteiger partial charge in [0.25, 0.3) is 0 Å². The van der Waals surface area contributed by atoms with Crippen molar-refractivity contribution in [2.75, 3.05) is 6.54 Å². The van der Waals surface area contributed by atoms with E-state index in [1.54, 1.807) is 6.20 Å². The summed E-state index contributed by atoms with van der Waals surface area (Å²) in [6.07, 6.45) is 1.65. The molecular weight excluding hydrogens is 78.1 g/mol. The van der Waals surface area contributed by atoms with Crippen LogP contribution in [0.2, 0.25) is 0 Å². The monoisotopic (exact) mass is 83.0 g/mol. The van der Waals surface area contributed by atoms with Crippen LogP contribution in [0.1, 0.15) is 0 Å². The van der Waals surface area contributed by atoms with Crippen molar-refractivity contribution in [2.45, 2.75) is 0 Å². The highest BCUT2D eigenvalue weighted by Crippen LogP contribution is 2.04. The van der Waals surface area contributed by atoms with Crippen LogP contribution in [-0.2, 0) is 0 Å². The number of azo groups is 1. The van der Waals surface area contributed by atoms with Crippen molar-refractivity contribution in [2.24, 2.45) is 16.0 Å². The zero-order valence-corrected chi connectivity index (χ0v) is 3.26. The third kappa shape index (κ3) is 0.328. The van der Waals surface area contributed by atoms with Crippen LogP contribution in [-0.4, -0.2) is 6.54 Å². The normalized spacial score (nSPS) is 16.5. The lowest BCUT2D eigenvalue weighted by atomic mass is 10.5. The molecule has 1 heterocycles. The van der Waals surface area contributed by atoms with E-state index < -0.39 is 0 Å². The first-order chi connectivity index (χ1) is 2.93. The third-order valence-electron chi connectivity index (χ3n) is 0.602. The molecule has 3 heteroatoms. The van der Waals surface area contributed by atoms with Crippen LogP contribution in [0, 0.1) is 0 Å². The number of nitrogens with zero attached hydrogens (tertiary/aromatic N) is 2. The van der Waals surface area contributed by atoms with E-state index >= 15 is 0 Å². The minimum absolute atomic E-state index is 0.517. The summed E-state index contributed by atoms with van der Waals surface area (Å²) in [6, 6.07) is 0. The minimum atomic E-state index is 0.517. The van der Waals surface area contributed by atoms with Gasteiger partial charge in [-0.3, -0.25) is 0 Å². The molecule has 2 N–H and O–H groups in total. The Labute approximate surface area is 35.6 Å². The summed E-state index contributed by atoms with van der Waals surface area (Å²) in [5.41, 5.74) is 6.00. The zero-order chi connectivity index (χ0) is 4.41. The molecule has 0 radical (unpaired) electrons. The Morgan fingerprint density at radius 3 is 2.50 bits per heavy atom. The van der Waals surface area contributed by atoms with Gasteiger partial charge in [-0.2, -0.15) is 10.2 Å². The van der Waals surface area contributed by atoms with Gasteiger partial charge in [0, 0.05) is 6.54 Å². The van der Waals surface area contributed by atoms with Crippen LogP contribution in [0.15, 0.2) is 22.1 Å². The summed E-state index contributed by atoms with van der Waals surface area (Å²) < 4.78 is 0. The number of hydrogen-bond acceptors (Lipinski definition) is 3. The Kier molecular flexibility index (Phi) is 0.686. The van der Waals surface area contributed by atoms with Crippen molar-refractivity contribution < 1.29 is 0 Å². The van der Waals surface area contributed by atoms with Crippen LogP contribution in [0.25, 0.3) is 0 Å². The average Bonchev–Trinajstić information content (AvgIpc) is 1.31. The van der Waals surface area contributed by atoms with Crippen molar-refractivity contribution in [3.63, 3.8) is 0 Å². The van der Waals surface area contributed by atoms with Gasteiger partial charge in [0.05, 0.1) is 11.9 Å².